The summed E-state index contributed by atoms with van der Waals surface area (Å²) in [6.45, 7) is 1.76. The number of benzene rings is 1. The maximum absolute atomic E-state index is 12.7. The van der Waals surface area contributed by atoms with Crippen LogP contribution >= 0.6 is 0 Å². The lowest BCUT2D eigenvalue weighted by atomic mass is 9.93. The van der Waals surface area contributed by atoms with Crippen LogP contribution < -0.4 is 10.7 Å². The molecule has 4 rings (SSSR count). The number of hydrogen-bond acceptors (Lipinski definition) is 7. The van der Waals surface area contributed by atoms with Crippen molar-refractivity contribution in [1.29, 1.82) is 0 Å². The summed E-state index contributed by atoms with van der Waals surface area (Å²) in [7, 11) is 0. The van der Waals surface area contributed by atoms with E-state index >= 15 is 0 Å². The number of anilines is 1. The molecule has 0 atom stereocenters. The smallest absolute Gasteiger partial charge is 0.292 e. The number of rotatable bonds is 5. The number of non-ortho nitro benzene ring substituents is 1. The zero-order chi connectivity index (χ0) is 22.7. The highest BCUT2D eigenvalue weighted by atomic mass is 16.6. The van der Waals surface area contributed by atoms with E-state index < -0.39 is 16.7 Å². The molecule has 0 unspecified atom stereocenters. The van der Waals surface area contributed by atoms with Crippen molar-refractivity contribution < 1.29 is 18.9 Å². The summed E-state index contributed by atoms with van der Waals surface area (Å²) in [5, 5.41) is 17.9. The highest BCUT2D eigenvalue weighted by Gasteiger charge is 2.28. The second-order valence-corrected chi connectivity index (χ2v) is 7.18. The molecule has 0 aliphatic heterocycles. The fraction of sp³-hybridized carbons (Fsp3) is 0.182. The summed E-state index contributed by atoms with van der Waals surface area (Å²) in [5.74, 6) is 0.214. The molecule has 0 saturated carbocycles. The van der Waals surface area contributed by atoms with Gasteiger partial charge in [0.25, 0.3) is 17.5 Å². The van der Waals surface area contributed by atoms with Crippen molar-refractivity contribution >= 4 is 29.0 Å². The van der Waals surface area contributed by atoms with Gasteiger partial charge in [-0.25, -0.2) is 10.4 Å². The first-order chi connectivity index (χ1) is 15.4. The molecule has 0 spiro atoms. The third-order valence-electron chi connectivity index (χ3n) is 5.05. The molecule has 2 heterocycles. The van der Waals surface area contributed by atoms with Crippen LogP contribution in [-0.2, 0) is 6.42 Å². The molecule has 0 bridgehead atoms. The fourth-order valence-electron chi connectivity index (χ4n) is 3.55. The Morgan fingerprint density at radius 3 is 2.75 bits per heavy atom. The van der Waals surface area contributed by atoms with Crippen molar-refractivity contribution in [3.8, 4) is 0 Å². The molecule has 0 saturated heterocycles. The molecule has 1 aliphatic rings. The van der Waals surface area contributed by atoms with Gasteiger partial charge in [0, 0.05) is 41.4 Å². The number of furan rings is 1. The molecule has 10 nitrogen and oxygen atoms in total. The van der Waals surface area contributed by atoms with Gasteiger partial charge in [-0.2, -0.15) is 5.10 Å². The summed E-state index contributed by atoms with van der Waals surface area (Å²) in [6.07, 6.45) is 3.55. The molecule has 1 aromatic carbocycles. The average Bonchev–Trinajstić information content (AvgIpc) is 3.15. The van der Waals surface area contributed by atoms with E-state index in [9.17, 15) is 19.7 Å². The van der Waals surface area contributed by atoms with E-state index in [1.807, 2.05) is 0 Å². The van der Waals surface area contributed by atoms with E-state index in [0.29, 0.717) is 41.3 Å². The van der Waals surface area contributed by atoms with Gasteiger partial charge in [0.15, 0.2) is 5.76 Å². The lowest BCUT2D eigenvalue weighted by molar-refractivity contribution is -0.384. The molecule has 162 valence electrons. The Kier molecular flexibility index (Phi) is 5.75. The Balaban J connectivity index is 1.56. The number of aromatic nitrogens is 1. The van der Waals surface area contributed by atoms with Crippen molar-refractivity contribution in [3.05, 3.63) is 87.0 Å². The molecule has 10 heteroatoms. The van der Waals surface area contributed by atoms with Gasteiger partial charge in [0.05, 0.1) is 10.6 Å². The van der Waals surface area contributed by atoms with E-state index in [4.69, 9.17) is 4.42 Å². The number of nitro benzene ring substituents is 1. The van der Waals surface area contributed by atoms with Crippen molar-refractivity contribution in [2.24, 2.45) is 5.10 Å². The Labute approximate surface area is 182 Å². The van der Waals surface area contributed by atoms with Crippen LogP contribution in [0.5, 0.6) is 0 Å². The standard InChI is InChI=1S/C22H19N5O5/c1-13-19-16(25-26-21(28)14-6-4-7-15(12-14)27(30)31)8-5-9-17(19)32-20(13)22(29)24-18-10-2-3-11-23-18/h2-4,6-7,10-12H,5,8-9H2,1H3,(H,26,28)(H,23,24,29)/b25-16+. The van der Waals surface area contributed by atoms with Crippen LogP contribution in [0.2, 0.25) is 0 Å². The van der Waals surface area contributed by atoms with Crippen LogP contribution in [0, 0.1) is 17.0 Å². The number of carbonyl (C=O) groups excluding carboxylic acids is 2. The zero-order valence-corrected chi connectivity index (χ0v) is 17.1. The van der Waals surface area contributed by atoms with Gasteiger partial charge < -0.3 is 9.73 Å². The maximum Gasteiger partial charge on any atom is 0.292 e. The number of aryl methyl sites for hydroxylation is 1. The first-order valence-corrected chi connectivity index (χ1v) is 9.90. The Morgan fingerprint density at radius 2 is 2.00 bits per heavy atom. The van der Waals surface area contributed by atoms with E-state index in [-0.39, 0.29) is 17.0 Å². The highest BCUT2D eigenvalue weighted by molar-refractivity contribution is 6.09. The van der Waals surface area contributed by atoms with Crippen LogP contribution in [0.25, 0.3) is 0 Å². The molecular weight excluding hydrogens is 414 g/mol. The van der Waals surface area contributed by atoms with Gasteiger partial charge in [-0.3, -0.25) is 19.7 Å². The number of pyridine rings is 1. The molecule has 2 N–H and O–H groups in total. The first kappa shape index (κ1) is 20.9. The van der Waals surface area contributed by atoms with Gasteiger partial charge in [-0.15, -0.1) is 0 Å². The summed E-state index contributed by atoms with van der Waals surface area (Å²) in [6, 6.07) is 10.6. The third-order valence-corrected chi connectivity index (χ3v) is 5.05. The highest BCUT2D eigenvalue weighted by Crippen LogP contribution is 2.30. The van der Waals surface area contributed by atoms with Crippen LogP contribution in [0.3, 0.4) is 0 Å². The summed E-state index contributed by atoms with van der Waals surface area (Å²) in [4.78, 5) is 39.6. The quantitative estimate of drug-likeness (QED) is 0.465. The van der Waals surface area contributed by atoms with E-state index in [1.165, 1.54) is 24.3 Å². The van der Waals surface area contributed by atoms with E-state index in [0.717, 1.165) is 6.42 Å². The fourth-order valence-corrected chi connectivity index (χ4v) is 3.55. The van der Waals surface area contributed by atoms with Gasteiger partial charge >= 0.3 is 0 Å². The minimum absolute atomic E-state index is 0.124. The number of nitrogens with zero attached hydrogens (tertiary/aromatic N) is 3. The second-order valence-electron chi connectivity index (χ2n) is 7.18. The van der Waals surface area contributed by atoms with Crippen molar-refractivity contribution in [2.45, 2.75) is 26.2 Å². The predicted octanol–water partition coefficient (Wildman–Crippen LogP) is 3.61. The monoisotopic (exact) mass is 433 g/mol. The van der Waals surface area contributed by atoms with Crippen LogP contribution in [0.15, 0.2) is 58.2 Å². The lowest BCUT2D eigenvalue weighted by Gasteiger charge is -2.13. The first-order valence-electron chi connectivity index (χ1n) is 9.90. The molecule has 2 amide bonds. The van der Waals surface area contributed by atoms with Crippen molar-refractivity contribution in [3.63, 3.8) is 0 Å². The van der Waals surface area contributed by atoms with E-state index in [1.54, 1.807) is 31.3 Å². The van der Waals surface area contributed by atoms with Gasteiger partial charge in [0.1, 0.15) is 11.6 Å². The Hall–Kier alpha value is -4.34. The Bertz CT molecular complexity index is 1230. The lowest BCUT2D eigenvalue weighted by Crippen LogP contribution is -2.22. The molecule has 0 radical (unpaired) electrons. The van der Waals surface area contributed by atoms with Crippen molar-refractivity contribution in [2.75, 3.05) is 5.32 Å². The number of nitrogens with one attached hydrogen (secondary N) is 2. The molecule has 32 heavy (non-hydrogen) atoms. The molecule has 1 aliphatic carbocycles. The van der Waals surface area contributed by atoms with Gasteiger partial charge in [0.2, 0.25) is 0 Å². The second kappa shape index (κ2) is 8.80. The largest absolute Gasteiger partial charge is 0.455 e. The molecule has 2 aromatic heterocycles. The van der Waals surface area contributed by atoms with Gasteiger partial charge in [-0.05, 0) is 38.0 Å². The molecule has 3 aromatic rings. The van der Waals surface area contributed by atoms with Crippen LogP contribution in [0.4, 0.5) is 11.5 Å². The van der Waals surface area contributed by atoms with E-state index in [2.05, 4.69) is 20.8 Å². The number of carbonyl (C=O) groups is 2. The minimum Gasteiger partial charge on any atom is -0.455 e. The SMILES string of the molecule is Cc1c(C(=O)Nc2ccccn2)oc2c1/C(=N/NC(=O)c1cccc([N+](=O)[O-])c1)CCC2. The minimum atomic E-state index is -0.567. The topological polar surface area (TPSA) is 140 Å². The summed E-state index contributed by atoms with van der Waals surface area (Å²) >= 11 is 0. The zero-order valence-electron chi connectivity index (χ0n) is 17.1. The molecule has 0 fully saturated rings. The van der Waals surface area contributed by atoms with Crippen LogP contribution in [-0.4, -0.2) is 27.4 Å². The number of nitro groups is 1. The summed E-state index contributed by atoms with van der Waals surface area (Å²) in [5.41, 5.74) is 4.30. The number of hydrogen-bond donors (Lipinski definition) is 2. The third kappa shape index (κ3) is 4.24. The molecular formula is C22H19N5O5. The number of fused-ring (bicyclic) bond motifs is 1. The number of amides is 2. The maximum atomic E-state index is 12.7. The average molecular weight is 433 g/mol. The Morgan fingerprint density at radius 1 is 1.16 bits per heavy atom. The number of hydrazone groups is 1. The van der Waals surface area contributed by atoms with Crippen LogP contribution in [0.1, 0.15) is 50.6 Å². The summed E-state index contributed by atoms with van der Waals surface area (Å²) < 4.78 is 5.83. The predicted molar refractivity (Wildman–Crippen MR) is 116 cm³/mol. The van der Waals surface area contributed by atoms with Gasteiger partial charge in [-0.1, -0.05) is 12.1 Å². The van der Waals surface area contributed by atoms with Crippen molar-refractivity contribution in [1.82, 2.24) is 10.4 Å². The normalized spacial score (nSPS) is 14.0.